The minimum Gasteiger partial charge on any atom is -0.508 e. The van der Waals surface area contributed by atoms with Gasteiger partial charge in [0.25, 0.3) is 0 Å². The molecule has 1 N–H and O–H groups in total. The number of phenols is 1. The summed E-state index contributed by atoms with van der Waals surface area (Å²) in [6.07, 6.45) is 0. The first-order valence-corrected chi connectivity index (χ1v) is 4.92. The Morgan fingerprint density at radius 3 is 2.35 bits per heavy atom. The van der Waals surface area contributed by atoms with Crippen molar-refractivity contribution in [3.05, 3.63) is 42.1 Å². The summed E-state index contributed by atoms with van der Waals surface area (Å²) < 4.78 is 4.52. The number of benzene rings is 1. The molecule has 1 aromatic heterocycles. The molecule has 5 nitrogen and oxygen atoms in total. The number of carbonyl (C=O) groups excluding carboxylic acids is 1. The molecule has 0 bridgehead atoms. The quantitative estimate of drug-likeness (QED) is 0.794. The summed E-state index contributed by atoms with van der Waals surface area (Å²) in [6, 6.07) is 9.78. The number of aromatic nitrogens is 2. The molecule has 0 fully saturated rings. The van der Waals surface area contributed by atoms with Crippen LogP contribution in [-0.2, 0) is 4.74 Å². The van der Waals surface area contributed by atoms with Gasteiger partial charge < -0.3 is 9.84 Å². The fourth-order valence-electron chi connectivity index (χ4n) is 1.33. The SMILES string of the molecule is COC(=O)c1ccc(-c2ccc(O)cc2)nn1. The number of hydrogen-bond acceptors (Lipinski definition) is 5. The summed E-state index contributed by atoms with van der Waals surface area (Å²) in [6.45, 7) is 0. The standard InChI is InChI=1S/C12H10N2O3/c1-17-12(16)11-7-6-10(13-14-11)8-2-4-9(15)5-3-8/h2-7,15H,1H3. The van der Waals surface area contributed by atoms with Crippen LogP contribution in [0.5, 0.6) is 5.75 Å². The van der Waals surface area contributed by atoms with Gasteiger partial charge in [-0.15, -0.1) is 10.2 Å². The topological polar surface area (TPSA) is 72.3 Å². The lowest BCUT2D eigenvalue weighted by Gasteiger charge is -2.01. The minimum atomic E-state index is -0.519. The summed E-state index contributed by atoms with van der Waals surface area (Å²) in [5.74, 6) is -0.331. The highest BCUT2D eigenvalue weighted by Gasteiger charge is 2.08. The third-order valence-corrected chi connectivity index (χ3v) is 2.22. The van der Waals surface area contributed by atoms with Crippen molar-refractivity contribution in [2.45, 2.75) is 0 Å². The molecule has 5 heteroatoms. The summed E-state index contributed by atoms with van der Waals surface area (Å²) in [5.41, 5.74) is 1.60. The van der Waals surface area contributed by atoms with E-state index in [1.54, 1.807) is 36.4 Å². The summed E-state index contributed by atoms with van der Waals surface area (Å²) in [4.78, 5) is 11.1. The molecular weight excluding hydrogens is 220 g/mol. The van der Waals surface area contributed by atoms with E-state index in [4.69, 9.17) is 5.11 Å². The normalized spacial score (nSPS) is 9.94. The number of phenolic OH excluding ortho intramolecular Hbond substituents is 1. The molecule has 0 unspecified atom stereocenters. The number of carbonyl (C=O) groups is 1. The highest BCUT2D eigenvalue weighted by atomic mass is 16.5. The van der Waals surface area contributed by atoms with E-state index in [0.29, 0.717) is 5.69 Å². The molecule has 0 spiro atoms. The minimum absolute atomic E-state index is 0.162. The summed E-state index contributed by atoms with van der Waals surface area (Å²) in [5, 5.41) is 16.8. The van der Waals surface area contributed by atoms with Gasteiger partial charge >= 0.3 is 5.97 Å². The van der Waals surface area contributed by atoms with Crippen LogP contribution in [0.4, 0.5) is 0 Å². The summed E-state index contributed by atoms with van der Waals surface area (Å²) >= 11 is 0. The molecule has 0 saturated heterocycles. The Morgan fingerprint density at radius 1 is 1.12 bits per heavy atom. The van der Waals surface area contributed by atoms with Crippen molar-refractivity contribution >= 4 is 5.97 Å². The van der Waals surface area contributed by atoms with E-state index >= 15 is 0 Å². The van der Waals surface area contributed by atoms with E-state index in [0.717, 1.165) is 5.56 Å². The van der Waals surface area contributed by atoms with Crippen LogP contribution in [0.2, 0.25) is 0 Å². The maximum Gasteiger partial charge on any atom is 0.358 e. The van der Waals surface area contributed by atoms with Gasteiger partial charge in [0.1, 0.15) is 5.75 Å². The van der Waals surface area contributed by atoms with E-state index in [1.165, 1.54) is 7.11 Å². The average Bonchev–Trinajstić information content (AvgIpc) is 2.39. The second-order valence-corrected chi connectivity index (χ2v) is 3.34. The zero-order chi connectivity index (χ0) is 12.3. The lowest BCUT2D eigenvalue weighted by Crippen LogP contribution is -2.05. The van der Waals surface area contributed by atoms with Gasteiger partial charge in [-0.3, -0.25) is 0 Å². The Balaban J connectivity index is 2.29. The van der Waals surface area contributed by atoms with Crippen molar-refractivity contribution in [2.75, 3.05) is 7.11 Å². The average molecular weight is 230 g/mol. The van der Waals surface area contributed by atoms with Crippen LogP contribution in [0.15, 0.2) is 36.4 Å². The van der Waals surface area contributed by atoms with Crippen LogP contribution in [-0.4, -0.2) is 28.4 Å². The van der Waals surface area contributed by atoms with Crippen molar-refractivity contribution in [2.24, 2.45) is 0 Å². The van der Waals surface area contributed by atoms with Crippen LogP contribution in [0.3, 0.4) is 0 Å². The van der Waals surface area contributed by atoms with Gasteiger partial charge in [-0.25, -0.2) is 4.79 Å². The molecule has 0 radical (unpaired) electrons. The molecule has 0 aliphatic rings. The molecule has 2 rings (SSSR count). The maximum absolute atomic E-state index is 11.1. The second-order valence-electron chi connectivity index (χ2n) is 3.34. The third kappa shape index (κ3) is 2.39. The van der Waals surface area contributed by atoms with Crippen molar-refractivity contribution in [3.63, 3.8) is 0 Å². The predicted molar refractivity (Wildman–Crippen MR) is 60.5 cm³/mol. The smallest absolute Gasteiger partial charge is 0.358 e. The number of rotatable bonds is 2. The molecule has 0 saturated carbocycles. The van der Waals surface area contributed by atoms with Gasteiger partial charge in [0.05, 0.1) is 12.8 Å². The van der Waals surface area contributed by atoms with Crippen molar-refractivity contribution in [3.8, 4) is 17.0 Å². The van der Waals surface area contributed by atoms with E-state index < -0.39 is 5.97 Å². The predicted octanol–water partition coefficient (Wildman–Crippen LogP) is 1.64. The van der Waals surface area contributed by atoms with E-state index in [9.17, 15) is 4.79 Å². The van der Waals surface area contributed by atoms with Crippen LogP contribution >= 0.6 is 0 Å². The van der Waals surface area contributed by atoms with Crippen molar-refractivity contribution in [1.82, 2.24) is 10.2 Å². The zero-order valence-electron chi connectivity index (χ0n) is 9.12. The highest BCUT2D eigenvalue weighted by Crippen LogP contribution is 2.19. The maximum atomic E-state index is 11.1. The Labute approximate surface area is 97.7 Å². The third-order valence-electron chi connectivity index (χ3n) is 2.22. The first-order chi connectivity index (χ1) is 8.20. The van der Waals surface area contributed by atoms with Gasteiger partial charge in [0.15, 0.2) is 5.69 Å². The van der Waals surface area contributed by atoms with E-state index in [-0.39, 0.29) is 11.4 Å². The van der Waals surface area contributed by atoms with E-state index in [2.05, 4.69) is 14.9 Å². The first-order valence-electron chi connectivity index (χ1n) is 4.92. The molecule has 86 valence electrons. The molecule has 17 heavy (non-hydrogen) atoms. The molecule has 2 aromatic rings. The number of hydrogen-bond donors (Lipinski definition) is 1. The fraction of sp³-hybridized carbons (Fsp3) is 0.0833. The number of methoxy groups -OCH3 is 1. The number of nitrogens with zero attached hydrogens (tertiary/aromatic N) is 2. The van der Waals surface area contributed by atoms with Crippen LogP contribution < -0.4 is 0 Å². The van der Waals surface area contributed by atoms with Gasteiger partial charge in [0.2, 0.25) is 0 Å². The zero-order valence-corrected chi connectivity index (χ0v) is 9.12. The Hall–Kier alpha value is -2.43. The highest BCUT2D eigenvalue weighted by molar-refractivity contribution is 5.87. The van der Waals surface area contributed by atoms with Crippen molar-refractivity contribution in [1.29, 1.82) is 0 Å². The summed E-state index contributed by atoms with van der Waals surface area (Å²) in [7, 11) is 1.29. The van der Waals surface area contributed by atoms with Gasteiger partial charge in [0, 0.05) is 5.56 Å². The van der Waals surface area contributed by atoms with Crippen LogP contribution in [0.25, 0.3) is 11.3 Å². The molecule has 1 heterocycles. The molecule has 0 aliphatic carbocycles. The van der Waals surface area contributed by atoms with E-state index in [1.807, 2.05) is 0 Å². The number of aromatic hydroxyl groups is 1. The van der Waals surface area contributed by atoms with Crippen LogP contribution in [0.1, 0.15) is 10.5 Å². The largest absolute Gasteiger partial charge is 0.508 e. The Bertz CT molecular complexity index is 520. The molecule has 0 aliphatic heterocycles. The molecule has 0 amide bonds. The molecule has 0 atom stereocenters. The second kappa shape index (κ2) is 4.61. The van der Waals surface area contributed by atoms with Crippen LogP contribution in [0, 0.1) is 0 Å². The molecule has 1 aromatic carbocycles. The Kier molecular flexibility index (Phi) is 3.00. The number of esters is 1. The monoisotopic (exact) mass is 230 g/mol. The van der Waals surface area contributed by atoms with Gasteiger partial charge in [-0.2, -0.15) is 0 Å². The fourth-order valence-corrected chi connectivity index (χ4v) is 1.33. The van der Waals surface area contributed by atoms with Gasteiger partial charge in [-0.1, -0.05) is 0 Å². The molecular formula is C12H10N2O3. The van der Waals surface area contributed by atoms with Crippen molar-refractivity contribution < 1.29 is 14.6 Å². The lowest BCUT2D eigenvalue weighted by molar-refractivity contribution is 0.0592. The number of ether oxygens (including phenoxy) is 1. The first kappa shape index (κ1) is 11.1. The van der Waals surface area contributed by atoms with Gasteiger partial charge in [-0.05, 0) is 36.4 Å². The Morgan fingerprint density at radius 2 is 1.82 bits per heavy atom. The lowest BCUT2D eigenvalue weighted by atomic mass is 10.1.